The van der Waals surface area contributed by atoms with Crippen LogP contribution in [0.4, 0.5) is 0 Å². The monoisotopic (exact) mass is 284 g/mol. The van der Waals surface area contributed by atoms with Gasteiger partial charge in [-0.15, -0.1) is 0 Å². The SMILES string of the molecule is CCCc1ccc(Oc2cc(C(C)NCC)ccn2)cc1. The lowest BCUT2D eigenvalue weighted by Crippen LogP contribution is -2.17. The summed E-state index contributed by atoms with van der Waals surface area (Å²) in [6, 6.07) is 12.6. The van der Waals surface area contributed by atoms with Crippen molar-refractivity contribution in [2.45, 2.75) is 39.7 Å². The van der Waals surface area contributed by atoms with Crippen LogP contribution in [-0.4, -0.2) is 11.5 Å². The van der Waals surface area contributed by atoms with E-state index in [1.807, 2.05) is 24.3 Å². The second-order valence-electron chi connectivity index (χ2n) is 5.20. The van der Waals surface area contributed by atoms with Crippen molar-refractivity contribution in [1.29, 1.82) is 0 Å². The van der Waals surface area contributed by atoms with Crippen LogP contribution in [0.25, 0.3) is 0 Å². The Bertz CT molecular complexity index is 551. The van der Waals surface area contributed by atoms with Crippen LogP contribution in [0.1, 0.15) is 44.4 Å². The molecule has 0 bridgehead atoms. The predicted molar refractivity (Wildman–Crippen MR) is 86.8 cm³/mol. The van der Waals surface area contributed by atoms with Crippen molar-refractivity contribution in [3.8, 4) is 11.6 Å². The number of hydrogen-bond donors (Lipinski definition) is 1. The first-order chi connectivity index (χ1) is 10.2. The second kappa shape index (κ2) is 7.79. The number of nitrogens with one attached hydrogen (secondary N) is 1. The fourth-order valence-electron chi connectivity index (χ4n) is 2.31. The highest BCUT2D eigenvalue weighted by Crippen LogP contribution is 2.23. The molecule has 1 unspecified atom stereocenters. The normalized spacial score (nSPS) is 12.1. The van der Waals surface area contributed by atoms with Crippen molar-refractivity contribution in [3.63, 3.8) is 0 Å². The van der Waals surface area contributed by atoms with Crippen LogP contribution in [-0.2, 0) is 6.42 Å². The van der Waals surface area contributed by atoms with Crippen LogP contribution in [0.2, 0.25) is 0 Å². The molecule has 0 saturated carbocycles. The first kappa shape index (κ1) is 15.5. The van der Waals surface area contributed by atoms with Gasteiger partial charge in [-0.1, -0.05) is 32.4 Å². The summed E-state index contributed by atoms with van der Waals surface area (Å²) in [4.78, 5) is 4.29. The maximum absolute atomic E-state index is 5.84. The smallest absolute Gasteiger partial charge is 0.219 e. The van der Waals surface area contributed by atoms with E-state index in [4.69, 9.17) is 4.74 Å². The van der Waals surface area contributed by atoms with E-state index in [0.717, 1.165) is 25.1 Å². The Hall–Kier alpha value is -1.87. The van der Waals surface area contributed by atoms with Gasteiger partial charge in [-0.05, 0) is 49.2 Å². The van der Waals surface area contributed by atoms with E-state index in [1.54, 1.807) is 6.20 Å². The molecule has 1 heterocycles. The maximum Gasteiger partial charge on any atom is 0.219 e. The van der Waals surface area contributed by atoms with Crippen LogP contribution in [0.5, 0.6) is 11.6 Å². The van der Waals surface area contributed by atoms with Gasteiger partial charge in [0, 0.05) is 18.3 Å². The maximum atomic E-state index is 5.84. The molecule has 2 rings (SSSR count). The first-order valence-corrected chi connectivity index (χ1v) is 7.69. The third-order valence-corrected chi connectivity index (χ3v) is 3.45. The molecule has 0 radical (unpaired) electrons. The summed E-state index contributed by atoms with van der Waals surface area (Å²) < 4.78 is 5.84. The Labute approximate surface area is 127 Å². The number of benzene rings is 1. The third-order valence-electron chi connectivity index (χ3n) is 3.45. The Morgan fingerprint density at radius 2 is 1.90 bits per heavy atom. The average Bonchev–Trinajstić information content (AvgIpc) is 2.50. The van der Waals surface area contributed by atoms with Crippen molar-refractivity contribution in [1.82, 2.24) is 10.3 Å². The van der Waals surface area contributed by atoms with Gasteiger partial charge in [-0.3, -0.25) is 0 Å². The second-order valence-corrected chi connectivity index (χ2v) is 5.20. The van der Waals surface area contributed by atoms with Gasteiger partial charge in [0.15, 0.2) is 0 Å². The van der Waals surface area contributed by atoms with Crippen molar-refractivity contribution in [3.05, 3.63) is 53.7 Å². The number of aryl methyl sites for hydroxylation is 1. The lowest BCUT2D eigenvalue weighted by atomic mass is 10.1. The Morgan fingerprint density at radius 1 is 1.14 bits per heavy atom. The molecule has 2 aromatic rings. The van der Waals surface area contributed by atoms with E-state index >= 15 is 0 Å². The number of rotatable bonds is 7. The van der Waals surface area contributed by atoms with Gasteiger partial charge >= 0.3 is 0 Å². The lowest BCUT2D eigenvalue weighted by molar-refractivity contribution is 0.460. The van der Waals surface area contributed by atoms with Gasteiger partial charge in [-0.2, -0.15) is 0 Å². The minimum atomic E-state index is 0.298. The summed E-state index contributed by atoms with van der Waals surface area (Å²) in [6.45, 7) is 7.37. The third kappa shape index (κ3) is 4.57. The molecule has 0 aliphatic carbocycles. The standard InChI is InChI=1S/C18H24N2O/c1-4-6-15-7-9-17(10-8-15)21-18-13-16(11-12-20-18)14(3)19-5-2/h7-14,19H,4-6H2,1-3H3. The number of pyridine rings is 1. The summed E-state index contributed by atoms with van der Waals surface area (Å²) in [6.07, 6.45) is 4.06. The molecule has 0 spiro atoms. The minimum Gasteiger partial charge on any atom is -0.439 e. The lowest BCUT2D eigenvalue weighted by Gasteiger charge is -2.13. The van der Waals surface area contributed by atoms with E-state index in [0.29, 0.717) is 11.9 Å². The van der Waals surface area contributed by atoms with Gasteiger partial charge in [0.1, 0.15) is 5.75 Å². The molecular formula is C18H24N2O. The number of hydrogen-bond acceptors (Lipinski definition) is 3. The molecule has 3 nitrogen and oxygen atoms in total. The van der Waals surface area contributed by atoms with E-state index in [1.165, 1.54) is 11.1 Å². The average molecular weight is 284 g/mol. The highest BCUT2D eigenvalue weighted by molar-refractivity contribution is 5.32. The van der Waals surface area contributed by atoms with Crippen molar-refractivity contribution in [2.24, 2.45) is 0 Å². The fraction of sp³-hybridized carbons (Fsp3) is 0.389. The highest BCUT2D eigenvalue weighted by atomic mass is 16.5. The summed E-state index contributed by atoms with van der Waals surface area (Å²) in [5, 5.41) is 3.39. The molecule has 0 fully saturated rings. The highest BCUT2D eigenvalue weighted by Gasteiger charge is 2.06. The van der Waals surface area contributed by atoms with Crippen LogP contribution in [0.15, 0.2) is 42.6 Å². The zero-order valence-electron chi connectivity index (χ0n) is 13.1. The molecule has 1 atom stereocenters. The molecule has 21 heavy (non-hydrogen) atoms. The van der Waals surface area contributed by atoms with Crippen molar-refractivity contribution >= 4 is 0 Å². The molecule has 112 valence electrons. The van der Waals surface area contributed by atoms with E-state index in [9.17, 15) is 0 Å². The van der Waals surface area contributed by atoms with Crippen LogP contribution in [0.3, 0.4) is 0 Å². The predicted octanol–water partition coefficient (Wildman–Crippen LogP) is 4.50. The van der Waals surface area contributed by atoms with Crippen molar-refractivity contribution in [2.75, 3.05) is 6.54 Å². The molecule has 1 aromatic heterocycles. The summed E-state index contributed by atoms with van der Waals surface area (Å²) >= 11 is 0. The quantitative estimate of drug-likeness (QED) is 0.813. The molecule has 3 heteroatoms. The topological polar surface area (TPSA) is 34.1 Å². The molecule has 0 aliphatic heterocycles. The van der Waals surface area contributed by atoms with Gasteiger partial charge in [0.05, 0.1) is 0 Å². The van der Waals surface area contributed by atoms with Crippen LogP contribution in [0, 0.1) is 0 Å². The zero-order valence-corrected chi connectivity index (χ0v) is 13.1. The summed E-state index contributed by atoms with van der Waals surface area (Å²) in [7, 11) is 0. The van der Waals surface area contributed by atoms with Crippen molar-refractivity contribution < 1.29 is 4.74 Å². The molecule has 0 aliphatic rings. The van der Waals surface area contributed by atoms with E-state index in [2.05, 4.69) is 43.2 Å². The zero-order chi connectivity index (χ0) is 15.1. The molecular weight excluding hydrogens is 260 g/mol. The fourth-order valence-corrected chi connectivity index (χ4v) is 2.31. The summed E-state index contributed by atoms with van der Waals surface area (Å²) in [5.41, 5.74) is 2.52. The molecule has 0 amide bonds. The van der Waals surface area contributed by atoms with E-state index in [-0.39, 0.29) is 0 Å². The van der Waals surface area contributed by atoms with Crippen LogP contribution < -0.4 is 10.1 Å². The minimum absolute atomic E-state index is 0.298. The molecule has 1 N–H and O–H groups in total. The van der Waals surface area contributed by atoms with Gasteiger partial charge in [-0.25, -0.2) is 4.98 Å². The number of aromatic nitrogens is 1. The number of nitrogens with zero attached hydrogens (tertiary/aromatic N) is 1. The first-order valence-electron chi connectivity index (χ1n) is 7.69. The number of ether oxygens (including phenoxy) is 1. The Balaban J connectivity index is 2.06. The molecule has 1 aromatic carbocycles. The largest absolute Gasteiger partial charge is 0.439 e. The van der Waals surface area contributed by atoms with Gasteiger partial charge in [0.25, 0.3) is 0 Å². The Morgan fingerprint density at radius 3 is 2.57 bits per heavy atom. The Kier molecular flexibility index (Phi) is 5.76. The van der Waals surface area contributed by atoms with Gasteiger partial charge in [0.2, 0.25) is 5.88 Å². The van der Waals surface area contributed by atoms with Gasteiger partial charge < -0.3 is 10.1 Å². The van der Waals surface area contributed by atoms with E-state index < -0.39 is 0 Å². The summed E-state index contributed by atoms with van der Waals surface area (Å²) in [5.74, 6) is 1.47. The van der Waals surface area contributed by atoms with Crippen LogP contribution >= 0.6 is 0 Å². The molecule has 0 saturated heterocycles.